The van der Waals surface area contributed by atoms with Gasteiger partial charge in [0.1, 0.15) is 0 Å². The SMILES string of the molecule is CCCCCCC1CCC(C2CCC(COCC)CC2)CC1. The van der Waals surface area contributed by atoms with E-state index in [0.717, 1.165) is 36.9 Å². The van der Waals surface area contributed by atoms with Crippen LogP contribution in [0.5, 0.6) is 0 Å². The molecule has 0 unspecified atom stereocenters. The van der Waals surface area contributed by atoms with Crippen molar-refractivity contribution in [1.82, 2.24) is 0 Å². The molecule has 0 saturated heterocycles. The molecule has 0 aliphatic heterocycles. The number of hydrogen-bond acceptors (Lipinski definition) is 1. The lowest BCUT2D eigenvalue weighted by atomic mass is 9.69. The number of unbranched alkanes of at least 4 members (excludes halogenated alkanes) is 3. The van der Waals surface area contributed by atoms with Crippen molar-refractivity contribution in [1.29, 1.82) is 0 Å². The van der Waals surface area contributed by atoms with Gasteiger partial charge in [-0.05, 0) is 69.1 Å². The molecule has 22 heavy (non-hydrogen) atoms. The summed E-state index contributed by atoms with van der Waals surface area (Å²) in [5, 5.41) is 0. The molecule has 2 rings (SSSR count). The first-order chi connectivity index (χ1) is 10.8. The summed E-state index contributed by atoms with van der Waals surface area (Å²) in [5.41, 5.74) is 0. The van der Waals surface area contributed by atoms with Crippen LogP contribution >= 0.6 is 0 Å². The fraction of sp³-hybridized carbons (Fsp3) is 1.00. The maximum atomic E-state index is 5.62. The Bertz CT molecular complexity index is 259. The molecule has 0 spiro atoms. The third-order valence-electron chi connectivity index (χ3n) is 6.47. The maximum absolute atomic E-state index is 5.62. The largest absolute Gasteiger partial charge is 0.381 e. The summed E-state index contributed by atoms with van der Waals surface area (Å²) in [4.78, 5) is 0. The monoisotopic (exact) mass is 308 g/mol. The molecule has 0 aromatic heterocycles. The van der Waals surface area contributed by atoms with Gasteiger partial charge in [-0.15, -0.1) is 0 Å². The van der Waals surface area contributed by atoms with E-state index in [4.69, 9.17) is 4.74 Å². The minimum Gasteiger partial charge on any atom is -0.381 e. The van der Waals surface area contributed by atoms with Crippen molar-refractivity contribution < 1.29 is 4.74 Å². The fourth-order valence-corrected chi connectivity index (χ4v) is 4.92. The Labute approximate surface area is 139 Å². The van der Waals surface area contributed by atoms with Crippen LogP contribution in [-0.2, 0) is 4.74 Å². The van der Waals surface area contributed by atoms with Crippen molar-refractivity contribution in [3.8, 4) is 0 Å². The van der Waals surface area contributed by atoms with E-state index in [1.54, 1.807) is 12.8 Å². The van der Waals surface area contributed by atoms with Crippen molar-refractivity contribution in [2.24, 2.45) is 23.7 Å². The van der Waals surface area contributed by atoms with E-state index in [0.29, 0.717) is 0 Å². The fourth-order valence-electron chi connectivity index (χ4n) is 4.92. The van der Waals surface area contributed by atoms with Crippen molar-refractivity contribution >= 4 is 0 Å². The van der Waals surface area contributed by atoms with Gasteiger partial charge in [0.2, 0.25) is 0 Å². The van der Waals surface area contributed by atoms with Gasteiger partial charge >= 0.3 is 0 Å². The molecule has 0 heterocycles. The molecule has 0 aromatic carbocycles. The van der Waals surface area contributed by atoms with Crippen LogP contribution in [0.4, 0.5) is 0 Å². The van der Waals surface area contributed by atoms with Gasteiger partial charge in [-0.25, -0.2) is 0 Å². The quantitative estimate of drug-likeness (QED) is 0.436. The topological polar surface area (TPSA) is 9.23 Å². The van der Waals surface area contributed by atoms with Crippen LogP contribution < -0.4 is 0 Å². The van der Waals surface area contributed by atoms with E-state index in [1.165, 1.54) is 70.6 Å². The van der Waals surface area contributed by atoms with Gasteiger partial charge in [-0.3, -0.25) is 0 Å². The van der Waals surface area contributed by atoms with Crippen LogP contribution in [0.1, 0.15) is 97.3 Å². The summed E-state index contributed by atoms with van der Waals surface area (Å²) in [5.74, 6) is 4.06. The van der Waals surface area contributed by atoms with Gasteiger partial charge in [0.05, 0.1) is 0 Å². The zero-order valence-corrected chi connectivity index (χ0v) is 15.3. The van der Waals surface area contributed by atoms with Gasteiger partial charge in [0.25, 0.3) is 0 Å². The Morgan fingerprint density at radius 1 is 0.682 bits per heavy atom. The van der Waals surface area contributed by atoms with Gasteiger partial charge < -0.3 is 4.74 Å². The Morgan fingerprint density at radius 3 is 1.82 bits per heavy atom. The molecule has 0 aromatic rings. The standard InChI is InChI=1S/C21H40O/c1-3-5-6-7-8-18-9-13-20(14-10-18)21-15-11-19(12-16-21)17-22-4-2/h18-21H,3-17H2,1-2H3. The summed E-state index contributed by atoms with van der Waals surface area (Å²) < 4.78 is 5.62. The Morgan fingerprint density at radius 2 is 1.27 bits per heavy atom. The highest BCUT2D eigenvalue weighted by molar-refractivity contribution is 4.82. The van der Waals surface area contributed by atoms with E-state index in [9.17, 15) is 0 Å². The van der Waals surface area contributed by atoms with E-state index >= 15 is 0 Å². The van der Waals surface area contributed by atoms with Crippen molar-refractivity contribution in [2.45, 2.75) is 97.3 Å². The van der Waals surface area contributed by atoms with Gasteiger partial charge in [0.15, 0.2) is 0 Å². The average Bonchev–Trinajstić information content (AvgIpc) is 2.58. The molecule has 2 fully saturated rings. The number of hydrogen-bond donors (Lipinski definition) is 0. The normalized spacial score (nSPS) is 33.0. The molecule has 1 heteroatoms. The minimum absolute atomic E-state index is 0.867. The first kappa shape index (κ1) is 18.3. The van der Waals surface area contributed by atoms with E-state index in [-0.39, 0.29) is 0 Å². The minimum atomic E-state index is 0.867. The van der Waals surface area contributed by atoms with E-state index in [2.05, 4.69) is 13.8 Å². The third-order valence-corrected chi connectivity index (χ3v) is 6.47. The molecule has 0 atom stereocenters. The summed E-state index contributed by atoms with van der Waals surface area (Å²) in [6.45, 7) is 6.34. The lowest BCUT2D eigenvalue weighted by Gasteiger charge is -2.38. The average molecular weight is 309 g/mol. The number of rotatable bonds is 9. The highest BCUT2D eigenvalue weighted by Crippen LogP contribution is 2.42. The molecule has 1 nitrogen and oxygen atoms in total. The van der Waals surface area contributed by atoms with Gasteiger partial charge in [-0.2, -0.15) is 0 Å². The predicted octanol–water partition coefficient (Wildman–Crippen LogP) is 6.61. The zero-order valence-electron chi connectivity index (χ0n) is 15.3. The summed E-state index contributed by atoms with van der Waals surface area (Å²) in [6.07, 6.45) is 19.3. The van der Waals surface area contributed by atoms with Gasteiger partial charge in [-0.1, -0.05) is 51.9 Å². The molecule has 2 aliphatic rings. The van der Waals surface area contributed by atoms with E-state index in [1.807, 2.05) is 0 Å². The highest BCUT2D eigenvalue weighted by Gasteiger charge is 2.30. The molecule has 2 saturated carbocycles. The molecule has 0 amide bonds. The Hall–Kier alpha value is -0.0400. The van der Waals surface area contributed by atoms with E-state index < -0.39 is 0 Å². The number of ether oxygens (including phenoxy) is 1. The zero-order chi connectivity index (χ0) is 15.6. The molecular formula is C21H40O. The van der Waals surface area contributed by atoms with Crippen LogP contribution in [0.15, 0.2) is 0 Å². The second-order valence-corrected chi connectivity index (χ2v) is 8.07. The van der Waals surface area contributed by atoms with Crippen LogP contribution in [0.2, 0.25) is 0 Å². The smallest absolute Gasteiger partial charge is 0.0494 e. The Kier molecular flexibility index (Phi) is 8.89. The summed E-state index contributed by atoms with van der Waals surface area (Å²) >= 11 is 0. The molecular weight excluding hydrogens is 268 g/mol. The van der Waals surface area contributed by atoms with Crippen LogP contribution in [-0.4, -0.2) is 13.2 Å². The van der Waals surface area contributed by atoms with Crippen molar-refractivity contribution in [2.75, 3.05) is 13.2 Å². The van der Waals surface area contributed by atoms with Gasteiger partial charge in [0, 0.05) is 13.2 Å². The predicted molar refractivity (Wildman–Crippen MR) is 96.1 cm³/mol. The third kappa shape index (κ3) is 6.22. The van der Waals surface area contributed by atoms with Crippen molar-refractivity contribution in [3.63, 3.8) is 0 Å². The van der Waals surface area contributed by atoms with Crippen LogP contribution in [0.25, 0.3) is 0 Å². The maximum Gasteiger partial charge on any atom is 0.0494 e. The molecule has 0 N–H and O–H groups in total. The molecule has 0 radical (unpaired) electrons. The lowest BCUT2D eigenvalue weighted by Crippen LogP contribution is -2.27. The van der Waals surface area contributed by atoms with Crippen molar-refractivity contribution in [3.05, 3.63) is 0 Å². The lowest BCUT2D eigenvalue weighted by molar-refractivity contribution is 0.0710. The molecule has 130 valence electrons. The summed E-state index contributed by atoms with van der Waals surface area (Å²) in [7, 11) is 0. The van der Waals surface area contributed by atoms with Crippen LogP contribution in [0, 0.1) is 23.7 Å². The first-order valence-electron chi connectivity index (χ1n) is 10.4. The highest BCUT2D eigenvalue weighted by atomic mass is 16.5. The summed E-state index contributed by atoms with van der Waals surface area (Å²) in [6, 6.07) is 0. The van der Waals surface area contributed by atoms with Crippen LogP contribution in [0.3, 0.4) is 0 Å². The molecule has 0 bridgehead atoms. The second kappa shape index (κ2) is 10.7. The molecule has 2 aliphatic carbocycles. The Balaban J connectivity index is 1.57. The second-order valence-electron chi connectivity index (χ2n) is 8.07. The first-order valence-corrected chi connectivity index (χ1v) is 10.4.